The molecule has 5 nitrogen and oxygen atoms in total. The van der Waals surface area contributed by atoms with Crippen molar-refractivity contribution in [1.29, 1.82) is 0 Å². The van der Waals surface area contributed by atoms with Gasteiger partial charge in [-0.1, -0.05) is 13.5 Å². The van der Waals surface area contributed by atoms with E-state index >= 15 is 0 Å². The number of rotatable bonds is 8. The fraction of sp³-hybridized carbons (Fsp3) is 0.500. The second-order valence-corrected chi connectivity index (χ2v) is 3.39. The van der Waals surface area contributed by atoms with E-state index in [9.17, 15) is 9.59 Å². The molecule has 1 atom stereocenters. The molecule has 0 amide bonds. The molecule has 96 valence electrons. The van der Waals surface area contributed by atoms with E-state index in [1.807, 2.05) is 0 Å². The van der Waals surface area contributed by atoms with E-state index in [2.05, 4.69) is 13.2 Å². The fourth-order valence-electron chi connectivity index (χ4n) is 0.863. The zero-order valence-electron chi connectivity index (χ0n) is 10.2. The van der Waals surface area contributed by atoms with E-state index in [4.69, 9.17) is 14.2 Å². The van der Waals surface area contributed by atoms with Gasteiger partial charge in [0.25, 0.3) is 0 Å². The zero-order chi connectivity index (χ0) is 13.3. The molecule has 1 unspecified atom stereocenters. The van der Waals surface area contributed by atoms with Crippen LogP contribution in [0.4, 0.5) is 0 Å². The molecule has 0 aromatic carbocycles. The third kappa shape index (κ3) is 7.16. The largest absolute Gasteiger partial charge is 0.487 e. The first-order valence-electron chi connectivity index (χ1n) is 5.29. The molecule has 0 aliphatic rings. The van der Waals surface area contributed by atoms with Gasteiger partial charge in [-0.15, -0.1) is 0 Å². The van der Waals surface area contributed by atoms with E-state index in [1.54, 1.807) is 13.8 Å². The minimum Gasteiger partial charge on any atom is -0.487 e. The molecule has 0 N–H and O–H groups in total. The van der Waals surface area contributed by atoms with Crippen LogP contribution in [-0.4, -0.2) is 31.8 Å². The molecule has 0 heterocycles. The molecule has 0 aromatic heterocycles. The Kier molecular flexibility index (Phi) is 7.50. The van der Waals surface area contributed by atoms with E-state index < -0.39 is 11.9 Å². The van der Waals surface area contributed by atoms with Gasteiger partial charge in [0.05, 0.1) is 19.8 Å². The van der Waals surface area contributed by atoms with E-state index in [0.29, 0.717) is 6.61 Å². The van der Waals surface area contributed by atoms with Crippen LogP contribution < -0.4 is 0 Å². The predicted octanol–water partition coefficient (Wildman–Crippen LogP) is 1.45. The first-order valence-corrected chi connectivity index (χ1v) is 5.29. The van der Waals surface area contributed by atoms with Gasteiger partial charge in [-0.05, 0) is 13.5 Å². The molecule has 5 heteroatoms. The molecular weight excluding hydrogens is 224 g/mol. The standard InChI is InChI=1S/C12H18O5/c1-5-11(13)16-7-9(3)8-17-12(14)10(4)15-6-2/h5,9H,1,4,6-8H2,2-3H3. The first-order chi connectivity index (χ1) is 8.01. The summed E-state index contributed by atoms with van der Waals surface area (Å²) in [6.07, 6.45) is 1.08. The topological polar surface area (TPSA) is 61.8 Å². The third-order valence-corrected chi connectivity index (χ3v) is 1.72. The van der Waals surface area contributed by atoms with Crippen molar-refractivity contribution < 1.29 is 23.8 Å². The van der Waals surface area contributed by atoms with Gasteiger partial charge in [0.15, 0.2) is 5.76 Å². The summed E-state index contributed by atoms with van der Waals surface area (Å²) in [5.74, 6) is -1.23. The van der Waals surface area contributed by atoms with Crippen LogP contribution in [0, 0.1) is 5.92 Å². The van der Waals surface area contributed by atoms with E-state index in [0.717, 1.165) is 6.08 Å². The summed E-state index contributed by atoms with van der Waals surface area (Å²) in [6, 6.07) is 0. The quantitative estimate of drug-likeness (QED) is 0.366. The number of esters is 2. The molecule has 0 saturated heterocycles. The summed E-state index contributed by atoms with van der Waals surface area (Å²) >= 11 is 0. The SMILES string of the molecule is C=CC(=O)OCC(C)COC(=O)C(=C)OCC. The van der Waals surface area contributed by atoms with Gasteiger partial charge in [0, 0.05) is 12.0 Å². The summed E-state index contributed by atoms with van der Waals surface area (Å²) in [4.78, 5) is 22.0. The van der Waals surface area contributed by atoms with Crippen molar-refractivity contribution in [2.45, 2.75) is 13.8 Å². The van der Waals surface area contributed by atoms with Crippen LogP contribution in [-0.2, 0) is 23.8 Å². The van der Waals surface area contributed by atoms with E-state index in [-0.39, 0.29) is 24.9 Å². The van der Waals surface area contributed by atoms with Gasteiger partial charge in [0.1, 0.15) is 0 Å². The molecular formula is C12H18O5. The molecule has 17 heavy (non-hydrogen) atoms. The zero-order valence-corrected chi connectivity index (χ0v) is 10.2. The first kappa shape index (κ1) is 15.2. The van der Waals surface area contributed by atoms with Gasteiger partial charge >= 0.3 is 11.9 Å². The Morgan fingerprint density at radius 2 is 1.82 bits per heavy atom. The average molecular weight is 242 g/mol. The van der Waals surface area contributed by atoms with E-state index in [1.165, 1.54) is 0 Å². The van der Waals surface area contributed by atoms with Crippen LogP contribution in [0.3, 0.4) is 0 Å². The van der Waals surface area contributed by atoms with Crippen LogP contribution in [0.5, 0.6) is 0 Å². The van der Waals surface area contributed by atoms with Crippen molar-refractivity contribution in [3.8, 4) is 0 Å². The molecule has 0 aliphatic carbocycles. The lowest BCUT2D eigenvalue weighted by Crippen LogP contribution is -2.19. The average Bonchev–Trinajstić information content (AvgIpc) is 2.32. The van der Waals surface area contributed by atoms with Crippen molar-refractivity contribution in [3.05, 3.63) is 25.0 Å². The third-order valence-electron chi connectivity index (χ3n) is 1.72. The van der Waals surface area contributed by atoms with Gasteiger partial charge in [-0.25, -0.2) is 9.59 Å². The Morgan fingerprint density at radius 3 is 2.35 bits per heavy atom. The Balaban J connectivity index is 3.79. The number of hydrogen-bond acceptors (Lipinski definition) is 5. The molecule has 0 aliphatic heterocycles. The Labute approximate surface area is 101 Å². The predicted molar refractivity (Wildman–Crippen MR) is 62.0 cm³/mol. The molecule has 0 saturated carbocycles. The lowest BCUT2D eigenvalue weighted by atomic mass is 10.2. The second kappa shape index (κ2) is 8.38. The molecule has 0 rings (SSSR count). The molecule has 0 radical (unpaired) electrons. The lowest BCUT2D eigenvalue weighted by Gasteiger charge is -2.12. The maximum atomic E-state index is 11.3. The van der Waals surface area contributed by atoms with Crippen LogP contribution >= 0.6 is 0 Å². The van der Waals surface area contributed by atoms with Gasteiger partial charge in [-0.2, -0.15) is 0 Å². The van der Waals surface area contributed by atoms with Crippen LogP contribution in [0.1, 0.15) is 13.8 Å². The number of carbonyl (C=O) groups excluding carboxylic acids is 2. The van der Waals surface area contributed by atoms with Gasteiger partial charge in [-0.3, -0.25) is 0 Å². The minimum atomic E-state index is -0.603. The fourth-order valence-corrected chi connectivity index (χ4v) is 0.863. The van der Waals surface area contributed by atoms with Gasteiger partial charge < -0.3 is 14.2 Å². The summed E-state index contributed by atoms with van der Waals surface area (Å²) in [7, 11) is 0. The van der Waals surface area contributed by atoms with Crippen LogP contribution in [0.15, 0.2) is 25.0 Å². The normalized spacial score (nSPS) is 11.2. The number of carbonyl (C=O) groups is 2. The molecule has 0 fully saturated rings. The minimum absolute atomic E-state index is 0.0252. The number of hydrogen-bond donors (Lipinski definition) is 0. The Bertz CT molecular complexity index is 295. The summed E-state index contributed by atoms with van der Waals surface area (Å²) in [6.45, 7) is 10.9. The molecule has 0 bridgehead atoms. The maximum absolute atomic E-state index is 11.3. The highest BCUT2D eigenvalue weighted by Gasteiger charge is 2.12. The van der Waals surface area contributed by atoms with Crippen molar-refractivity contribution in [2.75, 3.05) is 19.8 Å². The molecule has 0 aromatic rings. The Hall–Kier alpha value is -1.78. The van der Waals surface area contributed by atoms with Gasteiger partial charge in [0.2, 0.25) is 0 Å². The van der Waals surface area contributed by atoms with Crippen molar-refractivity contribution >= 4 is 11.9 Å². The highest BCUT2D eigenvalue weighted by atomic mass is 16.6. The van der Waals surface area contributed by atoms with Crippen molar-refractivity contribution in [2.24, 2.45) is 5.92 Å². The summed E-state index contributed by atoms with van der Waals surface area (Å²) in [5, 5.41) is 0. The summed E-state index contributed by atoms with van der Waals surface area (Å²) < 4.78 is 14.6. The van der Waals surface area contributed by atoms with Crippen LogP contribution in [0.25, 0.3) is 0 Å². The van der Waals surface area contributed by atoms with Crippen molar-refractivity contribution in [1.82, 2.24) is 0 Å². The van der Waals surface area contributed by atoms with Crippen molar-refractivity contribution in [3.63, 3.8) is 0 Å². The Morgan fingerprint density at radius 1 is 1.24 bits per heavy atom. The smallest absolute Gasteiger partial charge is 0.372 e. The van der Waals surface area contributed by atoms with Crippen LogP contribution in [0.2, 0.25) is 0 Å². The number of ether oxygens (including phenoxy) is 3. The highest BCUT2D eigenvalue weighted by Crippen LogP contribution is 2.02. The maximum Gasteiger partial charge on any atom is 0.372 e. The summed E-state index contributed by atoms with van der Waals surface area (Å²) in [5.41, 5.74) is 0. The highest BCUT2D eigenvalue weighted by molar-refractivity contribution is 5.85. The lowest BCUT2D eigenvalue weighted by molar-refractivity contribution is -0.146. The monoisotopic (exact) mass is 242 g/mol. The second-order valence-electron chi connectivity index (χ2n) is 3.39. The molecule has 0 spiro atoms.